The average Bonchev–Trinajstić information content (AvgIpc) is 2.78. The highest BCUT2D eigenvalue weighted by atomic mass is 16.1. The molecule has 2 N–H and O–H groups in total. The van der Waals surface area contributed by atoms with Crippen molar-refractivity contribution in [2.45, 2.75) is 20.4 Å². The Labute approximate surface area is 104 Å². The van der Waals surface area contributed by atoms with Crippen LogP contribution in [0.25, 0.3) is 11.2 Å². The molecule has 0 atom stereocenters. The molecule has 0 radical (unpaired) electrons. The number of nitrogens with zero attached hydrogens (tertiary/aromatic N) is 5. The molecule has 0 bridgehead atoms. The van der Waals surface area contributed by atoms with Crippen molar-refractivity contribution in [2.24, 2.45) is 0 Å². The number of carbonyl (C=O) groups excluding carboxylic acids is 1. The van der Waals surface area contributed by atoms with Crippen molar-refractivity contribution < 1.29 is 4.79 Å². The van der Waals surface area contributed by atoms with Gasteiger partial charge in [-0.2, -0.15) is 0 Å². The van der Waals surface area contributed by atoms with Gasteiger partial charge in [0.2, 0.25) is 5.91 Å². The van der Waals surface area contributed by atoms with Gasteiger partial charge in [-0.25, -0.2) is 14.6 Å². The standard InChI is InChI=1S/C10H15N7O/c1-3-17-10-8(15-16-17)9(13-6-14-10)12-5-4-11-7(2)18/h6H,3-5H2,1-2H3,(H,11,18)(H,12,13,14). The summed E-state index contributed by atoms with van der Waals surface area (Å²) in [6, 6.07) is 0. The molecule has 1 amide bonds. The predicted molar refractivity (Wildman–Crippen MR) is 66.0 cm³/mol. The summed E-state index contributed by atoms with van der Waals surface area (Å²) < 4.78 is 1.70. The first-order valence-corrected chi connectivity index (χ1v) is 5.75. The van der Waals surface area contributed by atoms with E-state index in [-0.39, 0.29) is 5.91 Å². The molecular weight excluding hydrogens is 234 g/mol. The second-order valence-electron chi connectivity index (χ2n) is 3.71. The lowest BCUT2D eigenvalue weighted by molar-refractivity contribution is -0.118. The Bertz CT molecular complexity index is 550. The van der Waals surface area contributed by atoms with Crippen molar-refractivity contribution in [1.82, 2.24) is 30.3 Å². The van der Waals surface area contributed by atoms with Gasteiger partial charge in [-0.3, -0.25) is 4.79 Å². The molecule has 0 fully saturated rings. The molecule has 2 rings (SSSR count). The van der Waals surface area contributed by atoms with E-state index in [2.05, 4.69) is 30.9 Å². The number of hydrogen-bond acceptors (Lipinski definition) is 6. The first-order valence-electron chi connectivity index (χ1n) is 5.75. The van der Waals surface area contributed by atoms with Crippen LogP contribution in [-0.2, 0) is 11.3 Å². The highest BCUT2D eigenvalue weighted by Crippen LogP contribution is 2.14. The van der Waals surface area contributed by atoms with Crippen LogP contribution in [0.2, 0.25) is 0 Å². The SMILES string of the molecule is CCn1nnc2c(NCCNC(C)=O)ncnc21. The number of aromatic nitrogens is 5. The summed E-state index contributed by atoms with van der Waals surface area (Å²) in [6.45, 7) is 5.27. The van der Waals surface area contributed by atoms with Crippen LogP contribution in [-0.4, -0.2) is 44.0 Å². The molecule has 0 saturated heterocycles. The van der Waals surface area contributed by atoms with Gasteiger partial charge in [0.15, 0.2) is 17.0 Å². The van der Waals surface area contributed by atoms with Crippen LogP contribution in [0.15, 0.2) is 6.33 Å². The molecule has 96 valence electrons. The maximum Gasteiger partial charge on any atom is 0.216 e. The topological polar surface area (TPSA) is 97.6 Å². The Hall–Kier alpha value is -2.25. The van der Waals surface area contributed by atoms with Crippen molar-refractivity contribution in [3.8, 4) is 0 Å². The lowest BCUT2D eigenvalue weighted by Crippen LogP contribution is -2.26. The van der Waals surface area contributed by atoms with Crippen LogP contribution >= 0.6 is 0 Å². The van der Waals surface area contributed by atoms with Crippen molar-refractivity contribution in [3.05, 3.63) is 6.33 Å². The zero-order valence-corrected chi connectivity index (χ0v) is 10.3. The summed E-state index contributed by atoms with van der Waals surface area (Å²) in [6.07, 6.45) is 1.47. The molecule has 18 heavy (non-hydrogen) atoms. The largest absolute Gasteiger partial charge is 0.366 e. The van der Waals surface area contributed by atoms with E-state index in [4.69, 9.17) is 0 Å². The quantitative estimate of drug-likeness (QED) is 0.711. The van der Waals surface area contributed by atoms with Gasteiger partial charge < -0.3 is 10.6 Å². The van der Waals surface area contributed by atoms with Crippen molar-refractivity contribution >= 4 is 22.9 Å². The van der Waals surface area contributed by atoms with Crippen LogP contribution in [0, 0.1) is 0 Å². The minimum atomic E-state index is -0.0541. The van der Waals surface area contributed by atoms with Crippen LogP contribution < -0.4 is 10.6 Å². The molecule has 0 aromatic carbocycles. The molecule has 2 heterocycles. The average molecular weight is 249 g/mol. The first kappa shape index (κ1) is 12.2. The molecule has 0 aliphatic heterocycles. The van der Waals surface area contributed by atoms with E-state index in [1.165, 1.54) is 13.3 Å². The minimum Gasteiger partial charge on any atom is -0.366 e. The fraction of sp³-hybridized carbons (Fsp3) is 0.500. The Morgan fingerprint density at radius 1 is 1.39 bits per heavy atom. The molecule has 8 nitrogen and oxygen atoms in total. The van der Waals surface area contributed by atoms with E-state index in [0.29, 0.717) is 36.6 Å². The maximum absolute atomic E-state index is 10.7. The number of hydrogen-bond donors (Lipinski definition) is 2. The smallest absolute Gasteiger partial charge is 0.216 e. The molecule has 0 aliphatic carbocycles. The third-order valence-electron chi connectivity index (χ3n) is 2.39. The first-order chi connectivity index (χ1) is 8.72. The normalized spacial score (nSPS) is 10.6. The molecule has 0 aliphatic rings. The molecule has 0 spiro atoms. The highest BCUT2D eigenvalue weighted by Gasteiger charge is 2.09. The Kier molecular flexibility index (Phi) is 3.66. The zero-order valence-electron chi connectivity index (χ0n) is 10.3. The van der Waals surface area contributed by atoms with E-state index >= 15 is 0 Å². The third-order valence-corrected chi connectivity index (χ3v) is 2.39. The summed E-state index contributed by atoms with van der Waals surface area (Å²) in [5.74, 6) is 0.576. The lowest BCUT2D eigenvalue weighted by atomic mass is 10.4. The fourth-order valence-corrected chi connectivity index (χ4v) is 1.55. The fourth-order valence-electron chi connectivity index (χ4n) is 1.55. The van der Waals surface area contributed by atoms with Crippen molar-refractivity contribution in [2.75, 3.05) is 18.4 Å². The summed E-state index contributed by atoms with van der Waals surface area (Å²) in [5.41, 5.74) is 1.34. The van der Waals surface area contributed by atoms with E-state index in [1.54, 1.807) is 4.68 Å². The van der Waals surface area contributed by atoms with Gasteiger partial charge in [-0.05, 0) is 6.92 Å². The minimum absolute atomic E-state index is 0.0541. The van der Waals surface area contributed by atoms with E-state index in [9.17, 15) is 4.79 Å². The molecule has 2 aromatic heterocycles. The van der Waals surface area contributed by atoms with Crippen LogP contribution in [0.5, 0.6) is 0 Å². The number of aryl methyl sites for hydroxylation is 1. The Balaban J connectivity index is 2.09. The van der Waals surface area contributed by atoms with Gasteiger partial charge in [0.25, 0.3) is 0 Å². The van der Waals surface area contributed by atoms with Crippen LogP contribution in [0.1, 0.15) is 13.8 Å². The summed E-state index contributed by atoms with van der Waals surface area (Å²) >= 11 is 0. The highest BCUT2D eigenvalue weighted by molar-refractivity contribution is 5.81. The monoisotopic (exact) mass is 249 g/mol. The van der Waals surface area contributed by atoms with Crippen molar-refractivity contribution in [3.63, 3.8) is 0 Å². The second kappa shape index (κ2) is 5.39. The van der Waals surface area contributed by atoms with Gasteiger partial charge in [0.1, 0.15) is 6.33 Å². The lowest BCUT2D eigenvalue weighted by Gasteiger charge is -2.05. The molecule has 0 saturated carbocycles. The number of amides is 1. The summed E-state index contributed by atoms with van der Waals surface area (Å²) in [7, 11) is 0. The maximum atomic E-state index is 10.7. The predicted octanol–water partition coefficient (Wildman–Crippen LogP) is -0.211. The van der Waals surface area contributed by atoms with Gasteiger partial charge in [0.05, 0.1) is 0 Å². The van der Waals surface area contributed by atoms with E-state index < -0.39 is 0 Å². The zero-order chi connectivity index (χ0) is 13.0. The van der Waals surface area contributed by atoms with E-state index in [1.807, 2.05) is 6.92 Å². The summed E-state index contributed by atoms with van der Waals surface area (Å²) in [4.78, 5) is 19.0. The number of nitrogens with one attached hydrogen (secondary N) is 2. The van der Waals surface area contributed by atoms with Crippen molar-refractivity contribution in [1.29, 1.82) is 0 Å². The molecular formula is C10H15N7O. The second-order valence-corrected chi connectivity index (χ2v) is 3.71. The third kappa shape index (κ3) is 2.53. The number of fused-ring (bicyclic) bond motifs is 1. The number of anilines is 1. The Morgan fingerprint density at radius 2 is 2.22 bits per heavy atom. The number of carbonyl (C=O) groups is 1. The van der Waals surface area contributed by atoms with Gasteiger partial charge in [-0.1, -0.05) is 5.21 Å². The van der Waals surface area contributed by atoms with E-state index in [0.717, 1.165) is 0 Å². The number of rotatable bonds is 5. The molecule has 0 unspecified atom stereocenters. The molecule has 8 heteroatoms. The van der Waals surface area contributed by atoms with Gasteiger partial charge >= 0.3 is 0 Å². The van der Waals surface area contributed by atoms with Crippen LogP contribution in [0.4, 0.5) is 5.82 Å². The van der Waals surface area contributed by atoms with Gasteiger partial charge in [-0.15, -0.1) is 5.10 Å². The van der Waals surface area contributed by atoms with Gasteiger partial charge in [0, 0.05) is 26.6 Å². The summed E-state index contributed by atoms with van der Waals surface area (Å²) in [5, 5.41) is 13.8. The van der Waals surface area contributed by atoms with Crippen LogP contribution in [0.3, 0.4) is 0 Å². The molecule has 2 aromatic rings. The Morgan fingerprint density at radius 3 is 2.94 bits per heavy atom.